The van der Waals surface area contributed by atoms with E-state index in [0.29, 0.717) is 12.4 Å². The molecule has 1 rings (SSSR count). The van der Waals surface area contributed by atoms with E-state index >= 15 is 0 Å². The van der Waals surface area contributed by atoms with Crippen LogP contribution in [0.5, 0.6) is 11.5 Å². The molecule has 1 unspecified atom stereocenters. The van der Waals surface area contributed by atoms with Crippen molar-refractivity contribution >= 4 is 6.08 Å². The van der Waals surface area contributed by atoms with Crippen molar-refractivity contribution in [1.29, 1.82) is 0 Å². The average Bonchev–Trinajstić information content (AvgIpc) is 2.29. The minimum atomic E-state index is -0.463. The summed E-state index contributed by atoms with van der Waals surface area (Å²) >= 11 is 0. The van der Waals surface area contributed by atoms with Gasteiger partial charge in [0.1, 0.15) is 0 Å². The molecule has 0 spiro atoms. The molecular weight excluding hydrogens is 216 g/mol. The summed E-state index contributed by atoms with van der Waals surface area (Å²) in [6, 6.07) is 5.72. The molecule has 0 fully saturated rings. The van der Waals surface area contributed by atoms with Gasteiger partial charge in [0, 0.05) is 5.56 Å². The largest absolute Gasteiger partial charge is 0.492 e. The second-order valence-electron chi connectivity index (χ2n) is 3.88. The van der Waals surface area contributed by atoms with Crippen molar-refractivity contribution in [3.8, 4) is 11.5 Å². The molecule has 17 heavy (non-hydrogen) atoms. The minimum Gasteiger partial charge on any atom is -0.492 e. The van der Waals surface area contributed by atoms with E-state index in [1.54, 1.807) is 14.0 Å². The van der Waals surface area contributed by atoms with Crippen LogP contribution >= 0.6 is 0 Å². The van der Waals surface area contributed by atoms with Crippen molar-refractivity contribution in [3.05, 3.63) is 29.3 Å². The van der Waals surface area contributed by atoms with E-state index in [-0.39, 0.29) is 0 Å². The predicted molar refractivity (Wildman–Crippen MR) is 69.5 cm³/mol. The van der Waals surface area contributed by atoms with Crippen molar-refractivity contribution in [2.75, 3.05) is 13.7 Å². The Morgan fingerprint density at radius 1 is 1.47 bits per heavy atom. The molecule has 3 heteroatoms. The monoisotopic (exact) mass is 236 g/mol. The smallest absolute Gasteiger partial charge is 0.167 e. The zero-order valence-electron chi connectivity index (χ0n) is 10.9. The summed E-state index contributed by atoms with van der Waals surface area (Å²) in [5.74, 6) is 1.43. The van der Waals surface area contributed by atoms with E-state index in [2.05, 4.69) is 0 Å². The first-order chi connectivity index (χ1) is 8.10. The lowest BCUT2D eigenvalue weighted by Gasteiger charge is -2.12. The van der Waals surface area contributed by atoms with Gasteiger partial charge in [-0.15, -0.1) is 0 Å². The van der Waals surface area contributed by atoms with Gasteiger partial charge in [-0.1, -0.05) is 12.1 Å². The van der Waals surface area contributed by atoms with Crippen molar-refractivity contribution in [2.24, 2.45) is 0 Å². The second-order valence-corrected chi connectivity index (χ2v) is 3.88. The average molecular weight is 236 g/mol. The maximum atomic E-state index is 9.48. The summed E-state index contributed by atoms with van der Waals surface area (Å²) in [5.41, 5.74) is 1.80. The molecule has 0 aliphatic heterocycles. The van der Waals surface area contributed by atoms with Gasteiger partial charge in [-0.25, -0.2) is 0 Å². The Bertz CT molecular complexity index is 394. The Balaban J connectivity index is 3.15. The third-order valence-electron chi connectivity index (χ3n) is 2.56. The summed E-state index contributed by atoms with van der Waals surface area (Å²) in [5, 5.41) is 9.48. The van der Waals surface area contributed by atoms with Crippen LogP contribution in [0.15, 0.2) is 23.8 Å². The third kappa shape index (κ3) is 3.49. The van der Waals surface area contributed by atoms with E-state index in [1.165, 1.54) is 0 Å². The number of methoxy groups -OCH3 is 1. The van der Waals surface area contributed by atoms with Crippen LogP contribution < -0.4 is 9.47 Å². The maximum absolute atomic E-state index is 9.48. The molecule has 0 saturated carbocycles. The lowest BCUT2D eigenvalue weighted by atomic mass is 10.1. The molecule has 0 aromatic heterocycles. The number of aliphatic hydroxyl groups excluding tert-OH is 1. The van der Waals surface area contributed by atoms with Crippen LogP contribution in [0.3, 0.4) is 0 Å². The van der Waals surface area contributed by atoms with Gasteiger partial charge in [0.15, 0.2) is 11.5 Å². The van der Waals surface area contributed by atoms with Crippen LogP contribution in [0.4, 0.5) is 0 Å². The van der Waals surface area contributed by atoms with E-state index in [9.17, 15) is 5.11 Å². The first-order valence-electron chi connectivity index (χ1n) is 5.76. The van der Waals surface area contributed by atoms with E-state index in [1.807, 2.05) is 38.1 Å². The second kappa shape index (κ2) is 6.30. The molecule has 1 atom stereocenters. The first-order valence-corrected chi connectivity index (χ1v) is 5.76. The van der Waals surface area contributed by atoms with E-state index < -0.39 is 6.10 Å². The van der Waals surface area contributed by atoms with Crippen LogP contribution in [0.1, 0.15) is 26.3 Å². The van der Waals surface area contributed by atoms with Crippen molar-refractivity contribution in [2.45, 2.75) is 26.9 Å². The van der Waals surface area contributed by atoms with Crippen LogP contribution in [0.2, 0.25) is 0 Å². The number of ether oxygens (including phenoxy) is 2. The molecule has 0 amide bonds. The first kappa shape index (κ1) is 13.6. The Labute approximate surface area is 103 Å². The van der Waals surface area contributed by atoms with Gasteiger partial charge in [-0.2, -0.15) is 0 Å². The standard InChI is InChI=1S/C14H20O3/c1-5-17-13-8-6-7-12(14(13)16-4)9-10(2)11(3)15/h6-9,11,15H,5H2,1-4H3/b10-9-. The summed E-state index contributed by atoms with van der Waals surface area (Å²) in [6.07, 6.45) is 1.45. The Kier molecular flexibility index (Phi) is 5.04. The Hall–Kier alpha value is -1.48. The third-order valence-corrected chi connectivity index (χ3v) is 2.56. The SMILES string of the molecule is CCOc1cccc(/C=C(/C)C(C)O)c1OC. The van der Waals surface area contributed by atoms with Crippen molar-refractivity contribution < 1.29 is 14.6 Å². The Morgan fingerprint density at radius 2 is 2.18 bits per heavy atom. The van der Waals surface area contributed by atoms with Gasteiger partial charge in [-0.3, -0.25) is 0 Å². The van der Waals surface area contributed by atoms with Gasteiger partial charge in [0.25, 0.3) is 0 Å². The normalized spacial score (nSPS) is 13.4. The lowest BCUT2D eigenvalue weighted by Crippen LogP contribution is -2.01. The quantitative estimate of drug-likeness (QED) is 0.854. The fourth-order valence-corrected chi connectivity index (χ4v) is 1.50. The number of aliphatic hydroxyl groups is 1. The highest BCUT2D eigenvalue weighted by Gasteiger charge is 2.09. The highest BCUT2D eigenvalue weighted by Crippen LogP contribution is 2.32. The van der Waals surface area contributed by atoms with Crippen LogP contribution in [-0.4, -0.2) is 24.9 Å². The topological polar surface area (TPSA) is 38.7 Å². The van der Waals surface area contributed by atoms with Gasteiger partial charge >= 0.3 is 0 Å². The predicted octanol–water partition coefficient (Wildman–Crippen LogP) is 2.88. The molecule has 0 saturated heterocycles. The van der Waals surface area contributed by atoms with Crippen LogP contribution in [-0.2, 0) is 0 Å². The highest BCUT2D eigenvalue weighted by atomic mass is 16.5. The molecule has 0 heterocycles. The fraction of sp³-hybridized carbons (Fsp3) is 0.429. The molecule has 0 bridgehead atoms. The van der Waals surface area contributed by atoms with Gasteiger partial charge in [0.2, 0.25) is 0 Å². The highest BCUT2D eigenvalue weighted by molar-refractivity contribution is 5.64. The summed E-state index contributed by atoms with van der Waals surface area (Å²) in [6.45, 7) is 6.16. The van der Waals surface area contributed by atoms with E-state index in [4.69, 9.17) is 9.47 Å². The van der Waals surface area contributed by atoms with E-state index in [0.717, 1.165) is 16.9 Å². The minimum absolute atomic E-state index is 0.463. The molecule has 1 N–H and O–H groups in total. The van der Waals surface area contributed by atoms with Crippen molar-refractivity contribution in [3.63, 3.8) is 0 Å². The van der Waals surface area contributed by atoms with Gasteiger partial charge < -0.3 is 14.6 Å². The number of rotatable bonds is 5. The fourth-order valence-electron chi connectivity index (χ4n) is 1.50. The van der Waals surface area contributed by atoms with Crippen LogP contribution in [0, 0.1) is 0 Å². The molecule has 3 nitrogen and oxygen atoms in total. The zero-order valence-corrected chi connectivity index (χ0v) is 10.9. The molecule has 0 aliphatic carbocycles. The molecular formula is C14H20O3. The summed E-state index contributed by atoms with van der Waals surface area (Å²) in [7, 11) is 1.62. The number of hydrogen-bond acceptors (Lipinski definition) is 3. The molecule has 1 aromatic rings. The Morgan fingerprint density at radius 3 is 2.71 bits per heavy atom. The van der Waals surface area contributed by atoms with Gasteiger partial charge in [-0.05, 0) is 38.5 Å². The molecule has 0 radical (unpaired) electrons. The lowest BCUT2D eigenvalue weighted by molar-refractivity contribution is 0.232. The number of para-hydroxylation sites is 1. The summed E-state index contributed by atoms with van der Waals surface area (Å²) < 4.78 is 10.9. The maximum Gasteiger partial charge on any atom is 0.167 e. The number of hydrogen-bond donors (Lipinski definition) is 1. The van der Waals surface area contributed by atoms with Crippen LogP contribution in [0.25, 0.3) is 6.08 Å². The van der Waals surface area contributed by atoms with Crippen molar-refractivity contribution in [1.82, 2.24) is 0 Å². The molecule has 1 aromatic carbocycles. The number of benzene rings is 1. The van der Waals surface area contributed by atoms with Gasteiger partial charge in [0.05, 0.1) is 19.8 Å². The molecule has 0 aliphatic rings. The summed E-state index contributed by atoms with van der Waals surface area (Å²) in [4.78, 5) is 0. The zero-order chi connectivity index (χ0) is 12.8. The molecule has 94 valence electrons.